The number of ether oxygens (including phenoxy) is 2. The van der Waals surface area contributed by atoms with Crippen molar-refractivity contribution in [3.63, 3.8) is 0 Å². The minimum atomic E-state index is -2.90. The number of urea groups is 1. The zero-order valence-corrected chi connectivity index (χ0v) is 13.5. The number of amides is 2. The Bertz CT molecular complexity index is 585. The lowest BCUT2D eigenvalue weighted by atomic mass is 9.96. The van der Waals surface area contributed by atoms with Gasteiger partial charge >= 0.3 is 12.6 Å². The lowest BCUT2D eigenvalue weighted by Gasteiger charge is -2.24. The molecular formula is C17H22F2N2O3. The number of nitrogens with one attached hydrogen (secondary N) is 2. The van der Waals surface area contributed by atoms with Crippen molar-refractivity contribution in [2.24, 2.45) is 0 Å². The predicted molar refractivity (Wildman–Crippen MR) is 84.1 cm³/mol. The number of carbonyl (C=O) groups excluding carboxylic acids is 1. The summed E-state index contributed by atoms with van der Waals surface area (Å²) >= 11 is 0. The largest absolute Gasteiger partial charge is 0.434 e. The maximum absolute atomic E-state index is 12.6. The van der Waals surface area contributed by atoms with Crippen LogP contribution < -0.4 is 15.4 Å². The molecule has 7 heteroatoms. The monoisotopic (exact) mass is 340 g/mol. The second-order valence-electron chi connectivity index (χ2n) is 6.21. The molecule has 0 aromatic heterocycles. The number of benzene rings is 1. The first-order valence-corrected chi connectivity index (χ1v) is 8.33. The molecule has 1 aromatic rings. The van der Waals surface area contributed by atoms with E-state index in [0.29, 0.717) is 12.0 Å². The van der Waals surface area contributed by atoms with E-state index in [1.54, 1.807) is 18.2 Å². The SMILES string of the molecule is CC[C@@H](NC(=O)N[C@H]1C[C@H]2CC[C@H]1O2)c1ccccc1OC(F)F. The second kappa shape index (κ2) is 7.34. The highest BCUT2D eigenvalue weighted by Crippen LogP contribution is 2.34. The van der Waals surface area contributed by atoms with E-state index >= 15 is 0 Å². The molecule has 4 atom stereocenters. The van der Waals surface area contributed by atoms with E-state index in [0.717, 1.165) is 19.3 Å². The fourth-order valence-electron chi connectivity index (χ4n) is 3.53. The number of rotatable bonds is 6. The van der Waals surface area contributed by atoms with Crippen LogP contribution in [0.25, 0.3) is 0 Å². The number of hydrogen-bond donors (Lipinski definition) is 2. The first kappa shape index (κ1) is 17.0. The van der Waals surface area contributed by atoms with Crippen molar-refractivity contribution < 1.29 is 23.0 Å². The average molecular weight is 340 g/mol. The maximum Gasteiger partial charge on any atom is 0.387 e. The molecule has 2 aliphatic rings. The highest BCUT2D eigenvalue weighted by Gasteiger charge is 2.41. The van der Waals surface area contributed by atoms with Crippen molar-refractivity contribution in [3.8, 4) is 5.75 Å². The van der Waals surface area contributed by atoms with E-state index in [4.69, 9.17) is 4.74 Å². The maximum atomic E-state index is 12.6. The Morgan fingerprint density at radius 1 is 1.38 bits per heavy atom. The van der Waals surface area contributed by atoms with Gasteiger partial charge in [-0.1, -0.05) is 25.1 Å². The Morgan fingerprint density at radius 2 is 2.17 bits per heavy atom. The molecule has 2 fully saturated rings. The summed E-state index contributed by atoms with van der Waals surface area (Å²) in [5.74, 6) is 0.0860. The second-order valence-corrected chi connectivity index (χ2v) is 6.21. The lowest BCUT2D eigenvalue weighted by Crippen LogP contribution is -2.47. The average Bonchev–Trinajstić information content (AvgIpc) is 3.15. The summed E-state index contributed by atoms with van der Waals surface area (Å²) in [6.45, 7) is -1.02. The van der Waals surface area contributed by atoms with Crippen LogP contribution in [0, 0.1) is 0 Å². The number of fused-ring (bicyclic) bond motifs is 2. The quantitative estimate of drug-likeness (QED) is 0.835. The van der Waals surface area contributed by atoms with Gasteiger partial charge in [0, 0.05) is 5.56 Å². The van der Waals surface area contributed by atoms with Gasteiger partial charge in [0.1, 0.15) is 5.75 Å². The van der Waals surface area contributed by atoms with Crippen LogP contribution >= 0.6 is 0 Å². The molecule has 0 radical (unpaired) electrons. The molecule has 0 aliphatic carbocycles. The lowest BCUT2D eigenvalue weighted by molar-refractivity contribution is -0.0506. The molecule has 2 amide bonds. The summed E-state index contributed by atoms with van der Waals surface area (Å²) < 4.78 is 35.4. The first-order valence-electron chi connectivity index (χ1n) is 8.33. The van der Waals surface area contributed by atoms with Gasteiger partial charge in [0.25, 0.3) is 0 Å². The zero-order chi connectivity index (χ0) is 17.1. The molecule has 2 aliphatic heterocycles. The highest BCUT2D eigenvalue weighted by atomic mass is 19.3. The van der Waals surface area contributed by atoms with Gasteiger partial charge in [0.2, 0.25) is 0 Å². The summed E-state index contributed by atoms with van der Waals surface area (Å²) in [6.07, 6.45) is 3.76. The van der Waals surface area contributed by atoms with Crippen LogP contribution in [-0.2, 0) is 4.74 Å². The fraction of sp³-hybridized carbons (Fsp3) is 0.588. The molecule has 0 saturated carbocycles. The molecule has 2 N–H and O–H groups in total. The van der Waals surface area contributed by atoms with Crippen LogP contribution in [0.3, 0.4) is 0 Å². The summed E-state index contributed by atoms with van der Waals surface area (Å²) in [5, 5.41) is 5.79. The van der Waals surface area contributed by atoms with Crippen molar-refractivity contribution in [1.82, 2.24) is 10.6 Å². The van der Waals surface area contributed by atoms with Crippen LogP contribution in [-0.4, -0.2) is 30.9 Å². The number of halogens is 2. The topological polar surface area (TPSA) is 59.6 Å². The van der Waals surface area contributed by atoms with Crippen molar-refractivity contribution in [3.05, 3.63) is 29.8 Å². The van der Waals surface area contributed by atoms with E-state index in [1.165, 1.54) is 6.07 Å². The molecule has 5 nitrogen and oxygen atoms in total. The Labute approximate surface area is 139 Å². The number of para-hydroxylation sites is 1. The molecule has 132 valence electrons. The van der Waals surface area contributed by atoms with Crippen LogP contribution in [0.15, 0.2) is 24.3 Å². The first-order chi connectivity index (χ1) is 11.6. The third kappa shape index (κ3) is 3.77. The summed E-state index contributed by atoms with van der Waals surface area (Å²) in [5.41, 5.74) is 0.541. The molecule has 2 saturated heterocycles. The summed E-state index contributed by atoms with van der Waals surface area (Å²) in [7, 11) is 0. The van der Waals surface area contributed by atoms with Gasteiger partial charge < -0.3 is 20.1 Å². The normalized spacial score (nSPS) is 26.4. The smallest absolute Gasteiger partial charge is 0.387 e. The van der Waals surface area contributed by atoms with E-state index in [9.17, 15) is 13.6 Å². The molecule has 24 heavy (non-hydrogen) atoms. The molecule has 0 unspecified atom stereocenters. The van der Waals surface area contributed by atoms with Crippen molar-refractivity contribution >= 4 is 6.03 Å². The van der Waals surface area contributed by atoms with Crippen LogP contribution in [0.1, 0.15) is 44.2 Å². The molecule has 2 bridgehead atoms. The molecule has 0 spiro atoms. The standard InChI is InChI=1S/C17H22F2N2O3/c1-2-12(11-5-3-4-6-14(11)24-16(18)19)20-17(22)21-13-9-10-7-8-15(13)23-10/h3-6,10,12-13,15-16H,2,7-9H2,1H3,(H2,20,21,22)/t10-,12-,13+,15-/m1/s1. The van der Waals surface area contributed by atoms with Gasteiger partial charge in [-0.15, -0.1) is 0 Å². The Morgan fingerprint density at radius 3 is 2.79 bits per heavy atom. The Kier molecular flexibility index (Phi) is 5.18. The summed E-state index contributed by atoms with van der Waals surface area (Å²) in [6, 6.07) is 5.84. The van der Waals surface area contributed by atoms with Gasteiger partial charge in [-0.2, -0.15) is 8.78 Å². The molecule has 3 rings (SSSR count). The van der Waals surface area contributed by atoms with E-state index in [-0.39, 0.29) is 30.0 Å². The molecular weight excluding hydrogens is 318 g/mol. The minimum Gasteiger partial charge on any atom is -0.434 e. The fourth-order valence-corrected chi connectivity index (χ4v) is 3.53. The third-order valence-corrected chi connectivity index (χ3v) is 4.65. The van der Waals surface area contributed by atoms with Crippen LogP contribution in [0.5, 0.6) is 5.75 Å². The summed E-state index contributed by atoms with van der Waals surface area (Å²) in [4.78, 5) is 12.3. The Balaban J connectivity index is 1.63. The van der Waals surface area contributed by atoms with Gasteiger partial charge in [0.15, 0.2) is 0 Å². The van der Waals surface area contributed by atoms with E-state index in [2.05, 4.69) is 15.4 Å². The van der Waals surface area contributed by atoms with Gasteiger partial charge in [0.05, 0.1) is 24.3 Å². The molecule has 1 aromatic carbocycles. The van der Waals surface area contributed by atoms with Crippen molar-refractivity contribution in [1.29, 1.82) is 0 Å². The van der Waals surface area contributed by atoms with Gasteiger partial charge in [-0.3, -0.25) is 0 Å². The van der Waals surface area contributed by atoms with Gasteiger partial charge in [-0.25, -0.2) is 4.79 Å². The van der Waals surface area contributed by atoms with Crippen molar-refractivity contribution in [2.45, 2.75) is 63.5 Å². The number of hydrogen-bond acceptors (Lipinski definition) is 3. The highest BCUT2D eigenvalue weighted by molar-refractivity contribution is 5.75. The predicted octanol–water partition coefficient (Wildman–Crippen LogP) is 3.36. The number of alkyl halides is 2. The molecule has 2 heterocycles. The van der Waals surface area contributed by atoms with Crippen LogP contribution in [0.4, 0.5) is 13.6 Å². The third-order valence-electron chi connectivity index (χ3n) is 4.65. The Hall–Kier alpha value is -1.89. The van der Waals surface area contributed by atoms with Gasteiger partial charge in [-0.05, 0) is 31.7 Å². The number of carbonyl (C=O) groups is 1. The van der Waals surface area contributed by atoms with E-state index in [1.807, 2.05) is 6.92 Å². The minimum absolute atomic E-state index is 0.0220. The van der Waals surface area contributed by atoms with E-state index < -0.39 is 12.7 Å². The zero-order valence-electron chi connectivity index (χ0n) is 13.5. The van der Waals surface area contributed by atoms with Crippen LogP contribution in [0.2, 0.25) is 0 Å². The van der Waals surface area contributed by atoms with Crippen molar-refractivity contribution in [2.75, 3.05) is 0 Å².